The summed E-state index contributed by atoms with van der Waals surface area (Å²) >= 11 is 0. The molecule has 3 rings (SSSR count). The minimum atomic E-state index is -4.20. The molecule has 1 fully saturated rings. The van der Waals surface area contributed by atoms with Crippen LogP contribution in [-0.4, -0.2) is 65.9 Å². The fourth-order valence-corrected chi connectivity index (χ4v) is 3.23. The number of hydrogen-bond donors (Lipinski definition) is 1. The number of halogens is 4. The molecule has 0 radical (unpaired) electrons. The summed E-state index contributed by atoms with van der Waals surface area (Å²) in [6, 6.07) is 10.1. The Labute approximate surface area is 191 Å². The number of rotatable bonds is 5. The highest BCUT2D eigenvalue weighted by Gasteiger charge is 2.41. The molecular weight excluding hydrogens is 510 g/mol. The Morgan fingerprint density at radius 2 is 1.87 bits per heavy atom. The van der Waals surface area contributed by atoms with Crippen LogP contribution >= 0.6 is 24.0 Å². The van der Waals surface area contributed by atoms with E-state index in [-0.39, 0.29) is 24.0 Å². The first kappa shape index (κ1) is 24.4. The summed E-state index contributed by atoms with van der Waals surface area (Å²) < 4.78 is 44.2. The monoisotopic (exact) mass is 537 g/mol. The maximum atomic E-state index is 12.9. The molecule has 1 aliphatic rings. The van der Waals surface area contributed by atoms with Crippen molar-refractivity contribution < 1.29 is 17.7 Å². The van der Waals surface area contributed by atoms with Crippen molar-refractivity contribution in [3.8, 4) is 11.3 Å². The molecule has 1 unspecified atom stereocenters. The van der Waals surface area contributed by atoms with Crippen LogP contribution in [0, 0.1) is 0 Å². The third kappa shape index (κ3) is 6.34. The largest absolute Gasteiger partial charge is 0.403 e. The number of hydrogen-bond acceptors (Lipinski definition) is 4. The van der Waals surface area contributed by atoms with Crippen LogP contribution in [0.25, 0.3) is 11.3 Å². The van der Waals surface area contributed by atoms with Crippen molar-refractivity contribution in [2.75, 3.05) is 32.7 Å². The SMILES string of the molecule is CCNC(=NCc1cc(-c2ccccc2)on1)N1CCN(C(C)C(F)(F)F)CC1.I. The third-order valence-corrected chi connectivity index (χ3v) is 4.98. The Hall–Kier alpha value is -1.82. The van der Waals surface area contributed by atoms with Crippen LogP contribution in [0.2, 0.25) is 0 Å². The van der Waals surface area contributed by atoms with Gasteiger partial charge in [0.05, 0.1) is 6.54 Å². The van der Waals surface area contributed by atoms with Crippen molar-refractivity contribution >= 4 is 29.9 Å². The number of guanidine groups is 1. The predicted molar refractivity (Wildman–Crippen MR) is 121 cm³/mol. The van der Waals surface area contributed by atoms with Crippen LogP contribution < -0.4 is 5.32 Å². The number of aliphatic imine (C=N–C) groups is 1. The maximum absolute atomic E-state index is 12.9. The fraction of sp³-hybridized carbons (Fsp3) is 0.500. The summed E-state index contributed by atoms with van der Waals surface area (Å²) in [5.74, 6) is 1.35. The highest BCUT2D eigenvalue weighted by molar-refractivity contribution is 14.0. The molecule has 1 saturated heterocycles. The van der Waals surface area contributed by atoms with E-state index < -0.39 is 12.2 Å². The first-order valence-corrected chi connectivity index (χ1v) is 9.73. The van der Waals surface area contributed by atoms with Gasteiger partial charge in [-0.05, 0) is 13.8 Å². The summed E-state index contributed by atoms with van der Waals surface area (Å²) in [6.45, 7) is 5.83. The zero-order valence-corrected chi connectivity index (χ0v) is 19.4. The molecule has 30 heavy (non-hydrogen) atoms. The van der Waals surface area contributed by atoms with Crippen molar-refractivity contribution in [3.05, 3.63) is 42.1 Å². The Morgan fingerprint density at radius 3 is 2.47 bits per heavy atom. The summed E-state index contributed by atoms with van der Waals surface area (Å²) in [4.78, 5) is 8.05. The van der Waals surface area contributed by atoms with Gasteiger partial charge in [-0.3, -0.25) is 4.90 Å². The van der Waals surface area contributed by atoms with Gasteiger partial charge in [-0.1, -0.05) is 35.5 Å². The Bertz CT molecular complexity index is 804. The topological polar surface area (TPSA) is 56.9 Å². The van der Waals surface area contributed by atoms with Crippen LogP contribution in [0.3, 0.4) is 0 Å². The molecular formula is C20H27F3IN5O. The Morgan fingerprint density at radius 1 is 1.20 bits per heavy atom. The quantitative estimate of drug-likeness (QED) is 0.355. The molecule has 166 valence electrons. The molecule has 1 aromatic carbocycles. The van der Waals surface area contributed by atoms with Gasteiger partial charge in [-0.2, -0.15) is 13.2 Å². The molecule has 0 bridgehead atoms. The first-order chi connectivity index (χ1) is 13.9. The second kappa shape index (κ2) is 11.0. The summed E-state index contributed by atoms with van der Waals surface area (Å²) in [6.07, 6.45) is -4.20. The number of alkyl halides is 3. The highest BCUT2D eigenvalue weighted by atomic mass is 127. The minimum Gasteiger partial charge on any atom is -0.357 e. The van der Waals surface area contributed by atoms with Crippen molar-refractivity contribution in [1.29, 1.82) is 0 Å². The normalized spacial score (nSPS) is 16.8. The van der Waals surface area contributed by atoms with Crippen molar-refractivity contribution in [2.45, 2.75) is 32.6 Å². The lowest BCUT2D eigenvalue weighted by Crippen LogP contribution is -2.56. The third-order valence-electron chi connectivity index (χ3n) is 4.98. The van der Waals surface area contributed by atoms with Gasteiger partial charge in [0.2, 0.25) is 0 Å². The van der Waals surface area contributed by atoms with E-state index in [4.69, 9.17) is 4.52 Å². The van der Waals surface area contributed by atoms with Crippen LogP contribution in [0.5, 0.6) is 0 Å². The minimum absolute atomic E-state index is 0. The van der Waals surface area contributed by atoms with Crippen LogP contribution in [0.1, 0.15) is 19.5 Å². The predicted octanol–water partition coefficient (Wildman–Crippen LogP) is 3.99. The van der Waals surface area contributed by atoms with E-state index in [1.54, 1.807) is 0 Å². The molecule has 1 aromatic heterocycles. The molecule has 1 N–H and O–H groups in total. The summed E-state index contributed by atoms with van der Waals surface area (Å²) in [5, 5.41) is 7.28. The van der Waals surface area contributed by atoms with Crippen molar-refractivity contribution in [3.63, 3.8) is 0 Å². The van der Waals surface area contributed by atoms with Gasteiger partial charge in [-0.15, -0.1) is 24.0 Å². The summed E-state index contributed by atoms with van der Waals surface area (Å²) in [5.41, 5.74) is 1.64. The van der Waals surface area contributed by atoms with E-state index in [1.807, 2.05) is 48.2 Å². The Balaban J connectivity index is 0.00000320. The lowest BCUT2D eigenvalue weighted by molar-refractivity contribution is -0.181. The molecule has 0 saturated carbocycles. The maximum Gasteiger partial charge on any atom is 0.403 e. The molecule has 0 spiro atoms. The van der Waals surface area contributed by atoms with Gasteiger partial charge >= 0.3 is 6.18 Å². The molecule has 0 amide bonds. The van der Waals surface area contributed by atoms with Gasteiger partial charge in [0.15, 0.2) is 11.7 Å². The molecule has 2 aromatic rings. The second-order valence-corrected chi connectivity index (χ2v) is 6.96. The van der Waals surface area contributed by atoms with Gasteiger partial charge < -0.3 is 14.7 Å². The van der Waals surface area contributed by atoms with Crippen LogP contribution in [-0.2, 0) is 6.54 Å². The van der Waals surface area contributed by atoms with E-state index >= 15 is 0 Å². The first-order valence-electron chi connectivity index (χ1n) is 9.73. The van der Waals surface area contributed by atoms with E-state index in [9.17, 15) is 13.2 Å². The van der Waals surface area contributed by atoms with E-state index in [0.717, 1.165) is 5.56 Å². The van der Waals surface area contributed by atoms with Gasteiger partial charge in [0.25, 0.3) is 0 Å². The molecule has 10 heteroatoms. The molecule has 2 heterocycles. The number of nitrogens with zero attached hydrogens (tertiary/aromatic N) is 4. The van der Waals surface area contributed by atoms with E-state index in [0.29, 0.717) is 56.7 Å². The van der Waals surface area contributed by atoms with Crippen molar-refractivity contribution in [2.24, 2.45) is 4.99 Å². The lowest BCUT2D eigenvalue weighted by Gasteiger charge is -2.39. The van der Waals surface area contributed by atoms with Gasteiger partial charge in [0, 0.05) is 44.4 Å². The smallest absolute Gasteiger partial charge is 0.357 e. The number of nitrogens with one attached hydrogen (secondary N) is 1. The van der Waals surface area contributed by atoms with Crippen molar-refractivity contribution in [1.82, 2.24) is 20.3 Å². The Kier molecular flexibility index (Phi) is 8.95. The molecule has 1 aliphatic heterocycles. The highest BCUT2D eigenvalue weighted by Crippen LogP contribution is 2.25. The standard InChI is InChI=1S/C20H26F3N5O.HI/c1-3-24-19(28-11-9-27(10-12-28)15(2)20(21,22)23)25-14-17-13-18(29-26-17)16-7-5-4-6-8-16;/h4-8,13,15H,3,9-12,14H2,1-2H3,(H,24,25);1H. The van der Waals surface area contributed by atoms with Crippen LogP contribution in [0.15, 0.2) is 45.9 Å². The second-order valence-electron chi connectivity index (χ2n) is 6.96. The average molecular weight is 537 g/mol. The van der Waals surface area contributed by atoms with E-state index in [2.05, 4.69) is 15.5 Å². The average Bonchev–Trinajstić information content (AvgIpc) is 3.20. The lowest BCUT2D eigenvalue weighted by atomic mass is 10.2. The van der Waals surface area contributed by atoms with Gasteiger partial charge in [0.1, 0.15) is 11.7 Å². The molecule has 1 atom stereocenters. The van der Waals surface area contributed by atoms with Gasteiger partial charge in [-0.25, -0.2) is 4.99 Å². The number of piperazine rings is 1. The number of aromatic nitrogens is 1. The zero-order chi connectivity index (χ0) is 20.9. The molecule has 0 aliphatic carbocycles. The number of benzene rings is 1. The van der Waals surface area contributed by atoms with E-state index in [1.165, 1.54) is 11.8 Å². The zero-order valence-electron chi connectivity index (χ0n) is 17.0. The summed E-state index contributed by atoms with van der Waals surface area (Å²) in [7, 11) is 0. The molecule has 6 nitrogen and oxygen atoms in total. The van der Waals surface area contributed by atoms with Crippen LogP contribution in [0.4, 0.5) is 13.2 Å². The fourth-order valence-electron chi connectivity index (χ4n) is 3.23.